The van der Waals surface area contributed by atoms with E-state index in [0.717, 1.165) is 21.6 Å². The molecule has 29 heavy (non-hydrogen) atoms. The number of aryl methyl sites for hydroxylation is 1. The van der Waals surface area contributed by atoms with Crippen LogP contribution in [-0.2, 0) is 21.1 Å². The number of ether oxygens (including phenoxy) is 1. The fourth-order valence-electron chi connectivity index (χ4n) is 3.65. The first-order valence-corrected chi connectivity index (χ1v) is 10.9. The Hall–Kier alpha value is -2.72. The Morgan fingerprint density at radius 2 is 1.38 bits per heavy atom. The van der Waals surface area contributed by atoms with Gasteiger partial charge < -0.3 is 4.74 Å². The van der Waals surface area contributed by atoms with Crippen molar-refractivity contribution in [3.8, 4) is 0 Å². The van der Waals surface area contributed by atoms with Crippen LogP contribution in [0.5, 0.6) is 0 Å². The van der Waals surface area contributed by atoms with Gasteiger partial charge in [-0.2, -0.15) is 0 Å². The minimum atomic E-state index is -1.29. The molecule has 1 atom stereocenters. The molecule has 0 saturated heterocycles. The van der Waals surface area contributed by atoms with Gasteiger partial charge in [0.05, 0.1) is 10.8 Å². The molecule has 3 aromatic rings. The van der Waals surface area contributed by atoms with Gasteiger partial charge in [-0.15, -0.1) is 0 Å². The monoisotopic (exact) mass is 403 g/mol. The number of hydrogen-bond acceptors (Lipinski definition) is 3. The highest BCUT2D eigenvalue weighted by atomic mass is 32.2. The lowest BCUT2D eigenvalue weighted by Gasteiger charge is -2.25. The molecule has 1 aliphatic heterocycles. The fourth-order valence-corrected chi connectivity index (χ4v) is 4.88. The Morgan fingerprint density at radius 3 is 1.90 bits per heavy atom. The number of hydrogen-bond donors (Lipinski definition) is 0. The molecular formula is C25H25NO2S. The van der Waals surface area contributed by atoms with E-state index in [-0.39, 0.29) is 0 Å². The van der Waals surface area contributed by atoms with Gasteiger partial charge in [-0.25, -0.2) is 4.99 Å². The molecule has 0 aromatic heterocycles. The lowest BCUT2D eigenvalue weighted by Crippen LogP contribution is -2.37. The Kier molecular flexibility index (Phi) is 5.13. The molecule has 4 rings (SSSR count). The third-order valence-electron chi connectivity index (χ3n) is 5.43. The van der Waals surface area contributed by atoms with Crippen molar-refractivity contribution in [2.75, 3.05) is 6.61 Å². The minimum absolute atomic E-state index is 0.394. The summed E-state index contributed by atoms with van der Waals surface area (Å²) in [4.78, 5) is 5.88. The van der Waals surface area contributed by atoms with Gasteiger partial charge in [0.15, 0.2) is 0 Å². The van der Waals surface area contributed by atoms with Crippen molar-refractivity contribution >= 4 is 16.7 Å². The minimum Gasteiger partial charge on any atom is -0.477 e. The lowest BCUT2D eigenvalue weighted by atomic mass is 9.84. The van der Waals surface area contributed by atoms with Gasteiger partial charge in [-0.1, -0.05) is 78.4 Å². The maximum atomic E-state index is 13.4. The summed E-state index contributed by atoms with van der Waals surface area (Å²) in [6, 6.07) is 28.2. The highest BCUT2D eigenvalue weighted by molar-refractivity contribution is 7.87. The van der Waals surface area contributed by atoms with Crippen molar-refractivity contribution in [1.82, 2.24) is 0 Å². The normalized spacial score (nSPS) is 16.7. The zero-order chi connectivity index (χ0) is 20.5. The van der Waals surface area contributed by atoms with Crippen molar-refractivity contribution in [1.29, 1.82) is 0 Å². The quantitative estimate of drug-likeness (QED) is 0.583. The second-order valence-electron chi connectivity index (χ2n) is 7.89. The van der Waals surface area contributed by atoms with E-state index in [9.17, 15) is 4.21 Å². The molecule has 1 aliphatic rings. The molecule has 0 bridgehead atoms. The van der Waals surface area contributed by atoms with Crippen molar-refractivity contribution in [2.45, 2.75) is 36.0 Å². The largest absolute Gasteiger partial charge is 0.477 e. The van der Waals surface area contributed by atoms with Gasteiger partial charge in [0.1, 0.15) is 16.9 Å². The highest BCUT2D eigenvalue weighted by Crippen LogP contribution is 2.40. The van der Waals surface area contributed by atoms with Crippen LogP contribution >= 0.6 is 0 Å². The average Bonchev–Trinajstić information content (AvgIpc) is 3.23. The molecule has 3 nitrogen and oxygen atoms in total. The molecule has 0 amide bonds. The molecule has 3 aromatic carbocycles. The summed E-state index contributed by atoms with van der Waals surface area (Å²) in [5.74, 6) is 0.532. The van der Waals surface area contributed by atoms with Gasteiger partial charge in [0, 0.05) is 4.90 Å². The summed E-state index contributed by atoms with van der Waals surface area (Å²) in [6.07, 6.45) is 0. The Balaban J connectivity index is 1.78. The molecule has 0 N–H and O–H groups in total. The highest BCUT2D eigenvalue weighted by Gasteiger charge is 2.46. The Morgan fingerprint density at radius 1 is 0.862 bits per heavy atom. The zero-order valence-electron chi connectivity index (χ0n) is 17.0. The van der Waals surface area contributed by atoms with Crippen LogP contribution in [-0.4, -0.2) is 21.5 Å². The van der Waals surface area contributed by atoms with Crippen molar-refractivity contribution in [3.05, 3.63) is 102 Å². The number of benzene rings is 3. The number of nitrogens with zero attached hydrogens (tertiary/aromatic N) is 1. The second kappa shape index (κ2) is 7.60. The maximum absolute atomic E-state index is 13.4. The summed E-state index contributed by atoms with van der Waals surface area (Å²) in [5, 5.41) is 0. The Bertz CT molecular complexity index is 1000. The first-order chi connectivity index (χ1) is 13.9. The van der Waals surface area contributed by atoms with E-state index < -0.39 is 21.1 Å². The third kappa shape index (κ3) is 3.53. The topological polar surface area (TPSA) is 38.7 Å². The summed E-state index contributed by atoms with van der Waals surface area (Å²) in [5.41, 5.74) is 2.65. The molecule has 0 spiro atoms. The predicted molar refractivity (Wildman–Crippen MR) is 119 cm³/mol. The van der Waals surface area contributed by atoms with E-state index in [1.54, 1.807) is 0 Å². The van der Waals surface area contributed by atoms with E-state index in [1.807, 2.05) is 81.4 Å². The molecule has 0 fully saturated rings. The van der Waals surface area contributed by atoms with Crippen molar-refractivity contribution < 1.29 is 8.95 Å². The van der Waals surface area contributed by atoms with Crippen LogP contribution in [0.4, 0.5) is 0 Å². The van der Waals surface area contributed by atoms with Gasteiger partial charge in [-0.3, -0.25) is 4.21 Å². The second-order valence-corrected chi connectivity index (χ2v) is 9.92. The molecule has 0 saturated carbocycles. The standard InChI is InChI=1S/C25H25NO2S/c1-19-14-16-22(17-15-19)29(27)24(2,3)23-26-25(18-28-23,20-10-6-4-7-11-20)21-12-8-5-9-13-21/h4-17H,18H2,1-3H3. The zero-order valence-corrected chi connectivity index (χ0v) is 17.8. The fraction of sp³-hybridized carbons (Fsp3) is 0.240. The molecule has 1 heterocycles. The lowest BCUT2D eigenvalue weighted by molar-refractivity contribution is 0.272. The molecule has 0 aliphatic carbocycles. The first kappa shape index (κ1) is 19.6. The number of rotatable bonds is 5. The summed E-state index contributed by atoms with van der Waals surface area (Å²) < 4.78 is 18.8. The van der Waals surface area contributed by atoms with E-state index in [0.29, 0.717) is 12.5 Å². The number of aliphatic imine (C=N–C) groups is 1. The van der Waals surface area contributed by atoms with Gasteiger partial charge in [0.2, 0.25) is 5.90 Å². The third-order valence-corrected chi connectivity index (χ3v) is 7.23. The van der Waals surface area contributed by atoms with E-state index in [1.165, 1.54) is 0 Å². The van der Waals surface area contributed by atoms with Crippen LogP contribution in [0.3, 0.4) is 0 Å². The van der Waals surface area contributed by atoms with E-state index in [2.05, 4.69) is 24.3 Å². The van der Waals surface area contributed by atoms with Gasteiger partial charge in [-0.05, 0) is 44.0 Å². The van der Waals surface area contributed by atoms with Gasteiger partial charge >= 0.3 is 0 Å². The first-order valence-electron chi connectivity index (χ1n) is 9.76. The van der Waals surface area contributed by atoms with Gasteiger partial charge in [0.25, 0.3) is 0 Å². The van der Waals surface area contributed by atoms with Crippen LogP contribution in [0.1, 0.15) is 30.5 Å². The molecular weight excluding hydrogens is 378 g/mol. The maximum Gasteiger partial charge on any atom is 0.203 e. The van der Waals surface area contributed by atoms with Crippen LogP contribution in [0.15, 0.2) is 94.8 Å². The van der Waals surface area contributed by atoms with E-state index in [4.69, 9.17) is 9.73 Å². The SMILES string of the molecule is Cc1ccc(S(=O)C(C)(C)C2=NC(c3ccccc3)(c3ccccc3)CO2)cc1. The summed E-state index contributed by atoms with van der Waals surface area (Å²) in [7, 11) is -1.29. The molecule has 0 radical (unpaired) electrons. The van der Waals surface area contributed by atoms with Crippen molar-refractivity contribution in [3.63, 3.8) is 0 Å². The molecule has 4 heteroatoms. The average molecular weight is 404 g/mol. The molecule has 1 unspecified atom stereocenters. The van der Waals surface area contributed by atoms with Crippen LogP contribution < -0.4 is 0 Å². The summed E-state index contributed by atoms with van der Waals surface area (Å²) in [6.45, 7) is 6.29. The Labute approximate surface area is 174 Å². The van der Waals surface area contributed by atoms with Crippen LogP contribution in [0.2, 0.25) is 0 Å². The van der Waals surface area contributed by atoms with Crippen LogP contribution in [0, 0.1) is 6.92 Å². The van der Waals surface area contributed by atoms with Crippen molar-refractivity contribution in [2.24, 2.45) is 4.99 Å². The summed E-state index contributed by atoms with van der Waals surface area (Å²) >= 11 is 0. The van der Waals surface area contributed by atoms with E-state index >= 15 is 0 Å². The molecule has 148 valence electrons. The smallest absolute Gasteiger partial charge is 0.203 e. The van der Waals surface area contributed by atoms with Crippen LogP contribution in [0.25, 0.3) is 0 Å². The predicted octanol–water partition coefficient (Wildman–Crippen LogP) is 5.25.